The van der Waals surface area contributed by atoms with Crippen LogP contribution in [0, 0.1) is 5.92 Å². The molecule has 1 aromatic carbocycles. The first-order valence-corrected chi connectivity index (χ1v) is 8.96. The number of benzene rings is 1. The summed E-state index contributed by atoms with van der Waals surface area (Å²) in [5.41, 5.74) is 0.947. The molecule has 0 spiro atoms. The molecule has 0 atom stereocenters. The molecule has 1 fully saturated rings. The molecule has 2 aromatic rings. The quantitative estimate of drug-likeness (QED) is 0.617. The second-order valence-electron chi connectivity index (χ2n) is 6.41. The van der Waals surface area contributed by atoms with Gasteiger partial charge in [-0.05, 0) is 37.1 Å². The van der Waals surface area contributed by atoms with Crippen LogP contribution >= 0.6 is 0 Å². The Kier molecular flexibility index (Phi) is 5.84. The SMILES string of the molecule is C=CC(=O)N1CCC(C(=O)NCCNc2ccc3ccccc3n2)CC1. The zero-order valence-electron chi connectivity index (χ0n) is 14.8. The number of amides is 2. The van der Waals surface area contributed by atoms with Crippen LogP contribution in [0.5, 0.6) is 0 Å². The summed E-state index contributed by atoms with van der Waals surface area (Å²) in [6.45, 7) is 5.88. The topological polar surface area (TPSA) is 74.3 Å². The van der Waals surface area contributed by atoms with Gasteiger partial charge in [-0.2, -0.15) is 0 Å². The third-order valence-electron chi connectivity index (χ3n) is 4.68. The summed E-state index contributed by atoms with van der Waals surface area (Å²) >= 11 is 0. The average Bonchev–Trinajstić information content (AvgIpc) is 2.70. The van der Waals surface area contributed by atoms with Crippen LogP contribution in [0.3, 0.4) is 0 Å². The van der Waals surface area contributed by atoms with Gasteiger partial charge in [-0.25, -0.2) is 4.98 Å². The summed E-state index contributed by atoms with van der Waals surface area (Å²) in [7, 11) is 0. The lowest BCUT2D eigenvalue weighted by Gasteiger charge is -2.30. The van der Waals surface area contributed by atoms with E-state index in [1.807, 2.05) is 36.4 Å². The Hall–Kier alpha value is -2.89. The maximum Gasteiger partial charge on any atom is 0.245 e. The number of nitrogens with one attached hydrogen (secondary N) is 2. The minimum Gasteiger partial charge on any atom is -0.368 e. The predicted octanol–water partition coefficient (Wildman–Crippen LogP) is 2.19. The van der Waals surface area contributed by atoms with E-state index < -0.39 is 0 Å². The molecule has 0 bridgehead atoms. The zero-order chi connectivity index (χ0) is 18.4. The van der Waals surface area contributed by atoms with E-state index >= 15 is 0 Å². The molecule has 3 rings (SSSR count). The molecule has 2 heterocycles. The van der Waals surface area contributed by atoms with Crippen LogP contribution < -0.4 is 10.6 Å². The molecule has 1 saturated heterocycles. The van der Waals surface area contributed by atoms with Crippen LogP contribution in [0.15, 0.2) is 49.1 Å². The van der Waals surface area contributed by atoms with Crippen molar-refractivity contribution >= 4 is 28.5 Å². The molecule has 6 nitrogen and oxygen atoms in total. The molecule has 0 radical (unpaired) electrons. The number of para-hydroxylation sites is 1. The first-order valence-electron chi connectivity index (χ1n) is 8.96. The lowest BCUT2D eigenvalue weighted by molar-refractivity contribution is -0.132. The average molecular weight is 352 g/mol. The second-order valence-corrected chi connectivity index (χ2v) is 6.41. The number of anilines is 1. The van der Waals surface area contributed by atoms with Gasteiger partial charge in [-0.3, -0.25) is 9.59 Å². The van der Waals surface area contributed by atoms with E-state index in [0.29, 0.717) is 39.0 Å². The molecular weight excluding hydrogens is 328 g/mol. The number of carbonyl (C=O) groups excluding carboxylic acids is 2. The van der Waals surface area contributed by atoms with Crippen LogP contribution in [-0.2, 0) is 9.59 Å². The highest BCUT2D eigenvalue weighted by Crippen LogP contribution is 2.17. The van der Waals surface area contributed by atoms with E-state index in [0.717, 1.165) is 16.7 Å². The predicted molar refractivity (Wildman–Crippen MR) is 103 cm³/mol. The van der Waals surface area contributed by atoms with Gasteiger partial charge in [0.15, 0.2) is 0 Å². The Labute approximate surface area is 153 Å². The van der Waals surface area contributed by atoms with Gasteiger partial charge in [-0.1, -0.05) is 24.8 Å². The molecule has 1 aromatic heterocycles. The summed E-state index contributed by atoms with van der Waals surface area (Å²) in [6, 6.07) is 11.9. The number of pyridine rings is 1. The number of nitrogens with zero attached hydrogens (tertiary/aromatic N) is 2. The Morgan fingerprint density at radius 2 is 1.92 bits per heavy atom. The molecule has 1 aliphatic rings. The molecular formula is C20H24N4O2. The molecule has 6 heteroatoms. The molecule has 0 aliphatic carbocycles. The normalized spacial score (nSPS) is 14.8. The van der Waals surface area contributed by atoms with E-state index in [4.69, 9.17) is 0 Å². The number of rotatable bonds is 6. The first kappa shape index (κ1) is 17.9. The minimum atomic E-state index is -0.0593. The fourth-order valence-electron chi connectivity index (χ4n) is 3.18. The minimum absolute atomic E-state index is 0.0253. The van der Waals surface area contributed by atoms with Crippen molar-refractivity contribution in [2.24, 2.45) is 5.92 Å². The van der Waals surface area contributed by atoms with Crippen molar-refractivity contribution in [2.45, 2.75) is 12.8 Å². The van der Waals surface area contributed by atoms with Crippen LogP contribution in [0.4, 0.5) is 5.82 Å². The Balaban J connectivity index is 1.40. The van der Waals surface area contributed by atoms with Gasteiger partial charge in [0.2, 0.25) is 11.8 Å². The summed E-state index contributed by atoms with van der Waals surface area (Å²) in [4.78, 5) is 30.1. The van der Waals surface area contributed by atoms with E-state index in [2.05, 4.69) is 22.2 Å². The van der Waals surface area contributed by atoms with Crippen molar-refractivity contribution in [2.75, 3.05) is 31.5 Å². The van der Waals surface area contributed by atoms with Crippen LogP contribution in [0.2, 0.25) is 0 Å². The third-order valence-corrected chi connectivity index (χ3v) is 4.68. The molecule has 1 aliphatic heterocycles. The van der Waals surface area contributed by atoms with Gasteiger partial charge in [0.05, 0.1) is 5.52 Å². The number of carbonyl (C=O) groups is 2. The number of aromatic nitrogens is 1. The van der Waals surface area contributed by atoms with Gasteiger partial charge in [0, 0.05) is 37.5 Å². The number of hydrogen-bond donors (Lipinski definition) is 2. The van der Waals surface area contributed by atoms with Crippen molar-refractivity contribution < 1.29 is 9.59 Å². The van der Waals surface area contributed by atoms with E-state index in [1.165, 1.54) is 6.08 Å². The number of fused-ring (bicyclic) bond motifs is 1. The lowest BCUT2D eigenvalue weighted by atomic mass is 9.96. The fraction of sp³-hybridized carbons (Fsp3) is 0.350. The van der Waals surface area contributed by atoms with Crippen LogP contribution in [0.1, 0.15) is 12.8 Å². The Bertz CT molecular complexity index is 797. The van der Waals surface area contributed by atoms with E-state index in [1.54, 1.807) is 4.90 Å². The highest BCUT2D eigenvalue weighted by atomic mass is 16.2. The van der Waals surface area contributed by atoms with Crippen LogP contribution in [-0.4, -0.2) is 47.9 Å². The second kappa shape index (κ2) is 8.47. The van der Waals surface area contributed by atoms with Gasteiger partial charge in [0.25, 0.3) is 0 Å². The summed E-state index contributed by atoms with van der Waals surface area (Å²) in [5.74, 6) is 0.775. The van der Waals surface area contributed by atoms with Crippen molar-refractivity contribution in [3.05, 3.63) is 49.1 Å². The Morgan fingerprint density at radius 3 is 2.69 bits per heavy atom. The molecule has 0 saturated carbocycles. The largest absolute Gasteiger partial charge is 0.368 e. The molecule has 136 valence electrons. The van der Waals surface area contributed by atoms with Crippen molar-refractivity contribution in [3.63, 3.8) is 0 Å². The highest BCUT2D eigenvalue weighted by Gasteiger charge is 2.26. The zero-order valence-corrected chi connectivity index (χ0v) is 14.8. The van der Waals surface area contributed by atoms with Crippen molar-refractivity contribution in [1.82, 2.24) is 15.2 Å². The van der Waals surface area contributed by atoms with Gasteiger partial charge in [0.1, 0.15) is 5.82 Å². The van der Waals surface area contributed by atoms with Gasteiger partial charge >= 0.3 is 0 Å². The summed E-state index contributed by atoms with van der Waals surface area (Å²) in [6.07, 6.45) is 2.73. The Morgan fingerprint density at radius 1 is 1.15 bits per heavy atom. The first-order chi connectivity index (χ1) is 12.7. The van der Waals surface area contributed by atoms with E-state index in [9.17, 15) is 9.59 Å². The highest BCUT2D eigenvalue weighted by molar-refractivity contribution is 5.87. The molecule has 2 amide bonds. The van der Waals surface area contributed by atoms with E-state index in [-0.39, 0.29) is 17.7 Å². The van der Waals surface area contributed by atoms with Crippen LogP contribution in [0.25, 0.3) is 10.9 Å². The fourth-order valence-corrected chi connectivity index (χ4v) is 3.18. The monoisotopic (exact) mass is 352 g/mol. The maximum atomic E-state index is 12.3. The number of likely N-dealkylation sites (tertiary alicyclic amines) is 1. The lowest BCUT2D eigenvalue weighted by Crippen LogP contribution is -2.43. The maximum absolute atomic E-state index is 12.3. The third kappa shape index (κ3) is 4.39. The smallest absolute Gasteiger partial charge is 0.245 e. The summed E-state index contributed by atoms with van der Waals surface area (Å²) < 4.78 is 0. The number of hydrogen-bond acceptors (Lipinski definition) is 4. The van der Waals surface area contributed by atoms with Gasteiger partial charge < -0.3 is 15.5 Å². The summed E-state index contributed by atoms with van der Waals surface area (Å²) in [5, 5.41) is 7.30. The molecule has 2 N–H and O–H groups in total. The van der Waals surface area contributed by atoms with Gasteiger partial charge in [-0.15, -0.1) is 0 Å². The van der Waals surface area contributed by atoms with Crippen molar-refractivity contribution in [1.29, 1.82) is 0 Å². The molecule has 0 unspecified atom stereocenters. The molecule has 26 heavy (non-hydrogen) atoms. The number of piperidine rings is 1. The standard InChI is InChI=1S/C20H24N4O2/c1-2-19(25)24-13-9-16(10-14-24)20(26)22-12-11-21-18-8-7-15-5-3-4-6-17(15)23-18/h2-8,16H,1,9-14H2,(H,21,23)(H,22,26). The van der Waals surface area contributed by atoms with Crippen molar-refractivity contribution in [3.8, 4) is 0 Å².